The van der Waals surface area contributed by atoms with Crippen molar-refractivity contribution < 1.29 is 27.7 Å². The van der Waals surface area contributed by atoms with Crippen LogP contribution in [0.15, 0.2) is 75.9 Å². The van der Waals surface area contributed by atoms with Gasteiger partial charge < -0.3 is 23.9 Å². The lowest BCUT2D eigenvalue weighted by atomic mass is 10.2. The van der Waals surface area contributed by atoms with Crippen molar-refractivity contribution in [2.45, 2.75) is 19.4 Å². The SMILES string of the molecule is CC(NC(=O)c1ccco1)C(=O)N1CCN(CCCOc2ccc(-c3noc(-c4ccccc4)n3)c(F)c2)CC1. The molecular weight excluding hydrogens is 517 g/mol. The summed E-state index contributed by atoms with van der Waals surface area (Å²) in [6.45, 7) is 5.50. The molecule has 3 heterocycles. The number of benzene rings is 2. The van der Waals surface area contributed by atoms with Gasteiger partial charge in [0.1, 0.15) is 17.6 Å². The zero-order valence-electron chi connectivity index (χ0n) is 22.1. The van der Waals surface area contributed by atoms with Crippen molar-refractivity contribution in [3.63, 3.8) is 0 Å². The van der Waals surface area contributed by atoms with Crippen molar-refractivity contribution in [3.8, 4) is 28.6 Å². The van der Waals surface area contributed by atoms with Gasteiger partial charge in [0, 0.05) is 44.4 Å². The Morgan fingerprint density at radius 2 is 1.88 bits per heavy atom. The number of piperazine rings is 1. The number of aromatic nitrogens is 2. The molecule has 0 spiro atoms. The first-order valence-electron chi connectivity index (χ1n) is 13.2. The normalized spacial score (nSPS) is 14.6. The fourth-order valence-electron chi connectivity index (χ4n) is 4.48. The number of nitrogens with one attached hydrogen (secondary N) is 1. The molecule has 0 saturated carbocycles. The molecule has 0 aliphatic carbocycles. The molecule has 1 aliphatic rings. The zero-order valence-corrected chi connectivity index (χ0v) is 22.1. The summed E-state index contributed by atoms with van der Waals surface area (Å²) in [5.41, 5.74) is 0.999. The van der Waals surface area contributed by atoms with E-state index in [4.69, 9.17) is 13.7 Å². The molecule has 2 aromatic heterocycles. The molecule has 208 valence electrons. The average molecular weight is 548 g/mol. The lowest BCUT2D eigenvalue weighted by molar-refractivity contribution is -0.134. The summed E-state index contributed by atoms with van der Waals surface area (Å²) in [4.78, 5) is 33.2. The number of amides is 2. The van der Waals surface area contributed by atoms with Crippen molar-refractivity contribution in [2.75, 3.05) is 39.3 Å². The number of furan rings is 1. The highest BCUT2D eigenvalue weighted by molar-refractivity contribution is 5.95. The van der Waals surface area contributed by atoms with E-state index in [1.54, 1.807) is 36.1 Å². The molecule has 40 heavy (non-hydrogen) atoms. The lowest BCUT2D eigenvalue weighted by Crippen LogP contribution is -2.54. The van der Waals surface area contributed by atoms with E-state index >= 15 is 0 Å². The molecule has 4 aromatic rings. The molecule has 5 rings (SSSR count). The number of hydrogen-bond donors (Lipinski definition) is 1. The minimum absolute atomic E-state index is 0.120. The topological polar surface area (TPSA) is 114 Å². The minimum atomic E-state index is -0.643. The Morgan fingerprint density at radius 3 is 2.60 bits per heavy atom. The second-order valence-corrected chi connectivity index (χ2v) is 9.47. The van der Waals surface area contributed by atoms with Gasteiger partial charge in [0.2, 0.25) is 11.7 Å². The van der Waals surface area contributed by atoms with E-state index in [1.165, 1.54) is 12.3 Å². The lowest BCUT2D eigenvalue weighted by Gasteiger charge is -2.36. The predicted octanol–water partition coefficient (Wildman–Crippen LogP) is 3.87. The average Bonchev–Trinajstić information content (AvgIpc) is 3.69. The highest BCUT2D eigenvalue weighted by Gasteiger charge is 2.26. The Kier molecular flexibility index (Phi) is 8.50. The van der Waals surface area contributed by atoms with Crippen LogP contribution in [0.25, 0.3) is 22.8 Å². The molecule has 2 amide bonds. The van der Waals surface area contributed by atoms with Crippen LogP contribution in [0.2, 0.25) is 0 Å². The van der Waals surface area contributed by atoms with E-state index in [1.807, 2.05) is 30.3 Å². The van der Waals surface area contributed by atoms with Gasteiger partial charge >= 0.3 is 0 Å². The van der Waals surface area contributed by atoms with Crippen molar-refractivity contribution in [1.29, 1.82) is 0 Å². The molecule has 1 atom stereocenters. The Hall–Kier alpha value is -4.51. The van der Waals surface area contributed by atoms with Gasteiger partial charge in [-0.1, -0.05) is 23.4 Å². The summed E-state index contributed by atoms with van der Waals surface area (Å²) in [7, 11) is 0. The highest BCUT2D eigenvalue weighted by Crippen LogP contribution is 2.26. The Bertz CT molecular complexity index is 1420. The van der Waals surface area contributed by atoms with Gasteiger partial charge in [0.25, 0.3) is 11.8 Å². The zero-order chi connectivity index (χ0) is 27.9. The summed E-state index contributed by atoms with van der Waals surface area (Å²) in [5, 5.41) is 6.59. The molecule has 1 N–H and O–H groups in total. The van der Waals surface area contributed by atoms with Crippen LogP contribution in [0.5, 0.6) is 5.75 Å². The molecule has 11 heteroatoms. The van der Waals surface area contributed by atoms with Crippen molar-refractivity contribution in [1.82, 2.24) is 25.3 Å². The van der Waals surface area contributed by atoms with Crippen LogP contribution in [0.4, 0.5) is 4.39 Å². The van der Waals surface area contributed by atoms with Crippen molar-refractivity contribution >= 4 is 11.8 Å². The molecule has 2 aromatic carbocycles. The standard InChI is InChI=1S/C29H30FN5O5/c1-20(31-27(36)25-9-5-17-39-25)29(37)35-15-13-34(14-16-35)12-6-18-38-22-10-11-23(24(30)19-22)26-32-28(40-33-26)21-7-3-2-4-8-21/h2-5,7-11,17,19-20H,6,12-16,18H2,1H3,(H,31,36). The van der Waals surface area contributed by atoms with Gasteiger partial charge in [-0.05, 0) is 49.7 Å². The molecule has 0 radical (unpaired) electrons. The molecule has 10 nitrogen and oxygen atoms in total. The molecule has 1 fully saturated rings. The maximum atomic E-state index is 14.8. The molecular formula is C29H30FN5O5. The second kappa shape index (κ2) is 12.6. The number of carbonyl (C=O) groups is 2. The van der Waals surface area contributed by atoms with Crippen molar-refractivity contribution in [2.24, 2.45) is 0 Å². The number of ether oxygens (including phenoxy) is 1. The smallest absolute Gasteiger partial charge is 0.287 e. The summed E-state index contributed by atoms with van der Waals surface area (Å²) < 4.78 is 30.9. The fraction of sp³-hybridized carbons (Fsp3) is 0.310. The van der Waals surface area contributed by atoms with E-state index in [0.717, 1.165) is 31.6 Å². The number of rotatable bonds is 10. The quantitative estimate of drug-likeness (QED) is 0.298. The summed E-state index contributed by atoms with van der Waals surface area (Å²) in [5.74, 6) is 0.0789. The molecule has 1 aliphatic heterocycles. The highest BCUT2D eigenvalue weighted by atomic mass is 19.1. The Balaban J connectivity index is 1.03. The van der Waals surface area contributed by atoms with Crippen LogP contribution in [0.1, 0.15) is 23.9 Å². The van der Waals surface area contributed by atoms with Crippen LogP contribution in [-0.4, -0.2) is 77.1 Å². The van der Waals surface area contributed by atoms with Crippen LogP contribution >= 0.6 is 0 Å². The first kappa shape index (κ1) is 27.1. The summed E-state index contributed by atoms with van der Waals surface area (Å²) in [6, 6.07) is 16.4. The third-order valence-corrected chi connectivity index (χ3v) is 6.66. The number of nitrogens with zero attached hydrogens (tertiary/aromatic N) is 4. The summed E-state index contributed by atoms with van der Waals surface area (Å²) >= 11 is 0. The Labute approximate surface area is 230 Å². The van der Waals surface area contributed by atoms with E-state index < -0.39 is 17.8 Å². The third kappa shape index (κ3) is 6.55. The van der Waals surface area contributed by atoms with Gasteiger partial charge in [0.15, 0.2) is 5.76 Å². The van der Waals surface area contributed by atoms with Crippen LogP contribution < -0.4 is 10.1 Å². The van der Waals surface area contributed by atoms with Crippen LogP contribution in [0, 0.1) is 5.82 Å². The van der Waals surface area contributed by atoms with E-state index in [2.05, 4.69) is 20.4 Å². The van der Waals surface area contributed by atoms with Crippen LogP contribution in [0.3, 0.4) is 0 Å². The molecule has 1 saturated heterocycles. The minimum Gasteiger partial charge on any atom is -0.493 e. The van der Waals surface area contributed by atoms with Crippen molar-refractivity contribution in [3.05, 3.63) is 78.5 Å². The van der Waals surface area contributed by atoms with E-state index in [0.29, 0.717) is 31.3 Å². The Morgan fingerprint density at radius 1 is 1.07 bits per heavy atom. The predicted molar refractivity (Wildman–Crippen MR) is 144 cm³/mol. The van der Waals surface area contributed by atoms with E-state index in [-0.39, 0.29) is 23.1 Å². The summed E-state index contributed by atoms with van der Waals surface area (Å²) in [6.07, 6.45) is 2.16. The first-order chi connectivity index (χ1) is 19.5. The van der Waals surface area contributed by atoms with Gasteiger partial charge in [-0.2, -0.15) is 4.98 Å². The third-order valence-electron chi connectivity index (χ3n) is 6.66. The van der Waals surface area contributed by atoms with Gasteiger partial charge in [-0.25, -0.2) is 4.39 Å². The monoisotopic (exact) mass is 547 g/mol. The van der Waals surface area contributed by atoms with Gasteiger partial charge in [0.05, 0.1) is 18.4 Å². The molecule has 0 bridgehead atoms. The number of hydrogen-bond acceptors (Lipinski definition) is 8. The first-order valence-corrected chi connectivity index (χ1v) is 13.2. The maximum absolute atomic E-state index is 14.8. The number of halogens is 1. The van der Waals surface area contributed by atoms with Gasteiger partial charge in [-0.3, -0.25) is 14.5 Å². The van der Waals surface area contributed by atoms with E-state index in [9.17, 15) is 14.0 Å². The largest absolute Gasteiger partial charge is 0.493 e. The number of carbonyl (C=O) groups excluding carboxylic acids is 2. The second-order valence-electron chi connectivity index (χ2n) is 9.47. The fourth-order valence-corrected chi connectivity index (χ4v) is 4.48. The maximum Gasteiger partial charge on any atom is 0.287 e. The van der Waals surface area contributed by atoms with Gasteiger partial charge in [-0.15, -0.1) is 0 Å². The molecule has 1 unspecified atom stereocenters. The van der Waals surface area contributed by atoms with Crippen LogP contribution in [-0.2, 0) is 4.79 Å².